The van der Waals surface area contributed by atoms with Gasteiger partial charge in [0.2, 0.25) is 0 Å². The molecular weight excluding hydrogens is 380 g/mol. The van der Waals surface area contributed by atoms with Gasteiger partial charge < -0.3 is 24.1 Å². The molecule has 1 amide bonds. The number of aromatic amines is 1. The van der Waals surface area contributed by atoms with Gasteiger partial charge in [-0.25, -0.2) is 4.79 Å². The minimum Gasteiger partial charge on any atom is -0.497 e. The molecule has 2 aromatic carbocycles. The third kappa shape index (κ3) is 3.21. The first-order valence-corrected chi connectivity index (χ1v) is 10.4. The Kier molecular flexibility index (Phi) is 4.87. The molecule has 6 nitrogen and oxygen atoms in total. The molecule has 1 saturated heterocycles. The molecule has 1 aliphatic carbocycles. The molecule has 0 unspecified atom stereocenters. The van der Waals surface area contributed by atoms with E-state index in [-0.39, 0.29) is 30.8 Å². The molecule has 3 atom stereocenters. The third-order valence-electron chi connectivity index (χ3n) is 6.49. The molecule has 1 aliphatic heterocycles. The van der Waals surface area contributed by atoms with Crippen LogP contribution in [0.4, 0.5) is 4.79 Å². The Bertz CT molecular complexity index is 1060. The van der Waals surface area contributed by atoms with Crippen LogP contribution in [0.15, 0.2) is 48.5 Å². The number of likely N-dealkylation sites (tertiary alicyclic amines) is 1. The van der Waals surface area contributed by atoms with E-state index in [2.05, 4.69) is 17.1 Å². The second kappa shape index (κ2) is 7.69. The lowest BCUT2D eigenvalue weighted by Crippen LogP contribution is -2.55. The van der Waals surface area contributed by atoms with Crippen molar-refractivity contribution in [3.05, 3.63) is 65.4 Å². The Morgan fingerprint density at radius 2 is 2.00 bits per heavy atom. The largest absolute Gasteiger partial charge is 0.497 e. The lowest BCUT2D eigenvalue weighted by molar-refractivity contribution is -0.0184. The number of H-pyrrole nitrogens is 1. The molecule has 156 valence electrons. The van der Waals surface area contributed by atoms with Crippen molar-refractivity contribution in [3.8, 4) is 5.75 Å². The number of aromatic nitrogens is 1. The molecule has 2 aliphatic rings. The SMILES string of the molecule is COc1ccc2[nH]c3c(c2c1)C[C@H]1C[C@H]3[C@@H](OC)CN1C(=O)OCc1ccccc1. The fourth-order valence-corrected chi connectivity index (χ4v) is 4.95. The Balaban J connectivity index is 1.43. The number of amides is 1. The Labute approximate surface area is 175 Å². The quantitative estimate of drug-likeness (QED) is 0.704. The Morgan fingerprint density at radius 3 is 2.77 bits per heavy atom. The highest BCUT2D eigenvalue weighted by Crippen LogP contribution is 2.44. The van der Waals surface area contributed by atoms with Crippen LogP contribution in [-0.4, -0.2) is 48.9 Å². The predicted molar refractivity (Wildman–Crippen MR) is 114 cm³/mol. The van der Waals surface area contributed by atoms with E-state index in [1.54, 1.807) is 14.2 Å². The van der Waals surface area contributed by atoms with Crippen molar-refractivity contribution < 1.29 is 19.0 Å². The van der Waals surface area contributed by atoms with Crippen LogP contribution < -0.4 is 4.74 Å². The minimum atomic E-state index is -0.273. The van der Waals surface area contributed by atoms with Gasteiger partial charge in [0.25, 0.3) is 0 Å². The molecule has 2 bridgehead atoms. The van der Waals surface area contributed by atoms with Crippen LogP contribution in [0.5, 0.6) is 5.75 Å². The van der Waals surface area contributed by atoms with Gasteiger partial charge in [0, 0.05) is 35.7 Å². The van der Waals surface area contributed by atoms with Gasteiger partial charge in [-0.2, -0.15) is 0 Å². The molecule has 1 aromatic heterocycles. The van der Waals surface area contributed by atoms with Gasteiger partial charge in [0.1, 0.15) is 12.4 Å². The number of hydrogen-bond donors (Lipinski definition) is 1. The second-order valence-corrected chi connectivity index (χ2v) is 8.10. The standard InChI is InChI=1S/C24H26N2O4/c1-28-17-8-9-21-18(12-17)19-10-16-11-20(23(19)25-21)22(29-2)13-26(16)24(27)30-14-15-6-4-3-5-7-15/h3-9,12,16,20,22,25H,10-11,13-14H2,1-2H3/t16-,20-,22-/m0/s1. The zero-order valence-electron chi connectivity index (χ0n) is 17.3. The highest BCUT2D eigenvalue weighted by molar-refractivity contribution is 5.87. The molecule has 6 heteroatoms. The smallest absolute Gasteiger partial charge is 0.410 e. The number of hydrogen-bond acceptors (Lipinski definition) is 4. The molecule has 1 N–H and O–H groups in total. The minimum absolute atomic E-state index is 0.0699. The first kappa shape index (κ1) is 19.0. The van der Waals surface area contributed by atoms with Crippen LogP contribution in [0.1, 0.15) is 29.2 Å². The summed E-state index contributed by atoms with van der Waals surface area (Å²) in [7, 11) is 3.40. The lowest BCUT2D eigenvalue weighted by atomic mass is 9.76. The Hall–Kier alpha value is -2.99. The summed E-state index contributed by atoms with van der Waals surface area (Å²) in [6.45, 7) is 0.817. The molecular formula is C24H26N2O4. The van der Waals surface area contributed by atoms with E-state index in [0.29, 0.717) is 6.54 Å². The zero-order chi connectivity index (χ0) is 20.7. The normalized spacial score (nSPS) is 22.6. The summed E-state index contributed by atoms with van der Waals surface area (Å²) in [5.41, 5.74) is 4.58. The van der Waals surface area contributed by atoms with E-state index in [1.807, 2.05) is 41.3 Å². The van der Waals surface area contributed by atoms with E-state index in [1.165, 1.54) is 11.3 Å². The van der Waals surface area contributed by atoms with Crippen molar-refractivity contribution in [1.82, 2.24) is 9.88 Å². The second-order valence-electron chi connectivity index (χ2n) is 8.10. The van der Waals surface area contributed by atoms with E-state index in [0.717, 1.165) is 35.1 Å². The summed E-state index contributed by atoms with van der Waals surface area (Å²) in [6.07, 6.45) is 1.33. The van der Waals surface area contributed by atoms with Crippen LogP contribution in [0.3, 0.4) is 0 Å². The first-order chi connectivity index (χ1) is 14.7. The van der Waals surface area contributed by atoms with Crippen LogP contribution in [0.25, 0.3) is 10.9 Å². The molecule has 1 fully saturated rings. The van der Waals surface area contributed by atoms with Crippen LogP contribution in [0, 0.1) is 0 Å². The van der Waals surface area contributed by atoms with Crippen molar-refractivity contribution in [2.24, 2.45) is 0 Å². The van der Waals surface area contributed by atoms with E-state index in [4.69, 9.17) is 14.2 Å². The molecule has 0 saturated carbocycles. The molecule has 30 heavy (non-hydrogen) atoms. The summed E-state index contributed by atoms with van der Waals surface area (Å²) in [4.78, 5) is 18.4. The van der Waals surface area contributed by atoms with Gasteiger partial charge in [0.15, 0.2) is 0 Å². The summed E-state index contributed by atoms with van der Waals surface area (Å²) in [6, 6.07) is 16.0. The van der Waals surface area contributed by atoms with Crippen molar-refractivity contribution >= 4 is 17.0 Å². The highest BCUT2D eigenvalue weighted by Gasteiger charge is 2.44. The topological polar surface area (TPSA) is 63.8 Å². The number of benzene rings is 2. The maximum absolute atomic E-state index is 13.0. The van der Waals surface area contributed by atoms with Gasteiger partial charge in [-0.1, -0.05) is 30.3 Å². The maximum atomic E-state index is 13.0. The van der Waals surface area contributed by atoms with E-state index < -0.39 is 0 Å². The van der Waals surface area contributed by atoms with Crippen molar-refractivity contribution in [2.45, 2.75) is 37.5 Å². The van der Waals surface area contributed by atoms with Crippen molar-refractivity contribution in [2.75, 3.05) is 20.8 Å². The average Bonchev–Trinajstić information content (AvgIpc) is 3.16. The maximum Gasteiger partial charge on any atom is 0.410 e. The predicted octanol–water partition coefficient (Wildman–Crippen LogP) is 4.24. The zero-order valence-corrected chi connectivity index (χ0v) is 17.3. The van der Waals surface area contributed by atoms with Gasteiger partial charge >= 0.3 is 6.09 Å². The van der Waals surface area contributed by atoms with Crippen LogP contribution in [-0.2, 0) is 22.5 Å². The van der Waals surface area contributed by atoms with Gasteiger partial charge in [-0.3, -0.25) is 0 Å². The molecule has 0 radical (unpaired) electrons. The highest BCUT2D eigenvalue weighted by atomic mass is 16.6. The van der Waals surface area contributed by atoms with Crippen LogP contribution >= 0.6 is 0 Å². The molecule has 3 aromatic rings. The summed E-state index contributed by atoms with van der Waals surface area (Å²) in [5, 5.41) is 1.16. The number of carbonyl (C=O) groups is 1. The van der Waals surface area contributed by atoms with Gasteiger partial charge in [-0.05, 0) is 42.2 Å². The van der Waals surface area contributed by atoms with Crippen molar-refractivity contribution in [3.63, 3.8) is 0 Å². The summed E-state index contributed by atoms with van der Waals surface area (Å²) in [5.74, 6) is 1.07. The molecule has 0 spiro atoms. The number of nitrogens with one attached hydrogen (secondary N) is 1. The Morgan fingerprint density at radius 1 is 1.17 bits per heavy atom. The summed E-state index contributed by atoms with van der Waals surface area (Å²) >= 11 is 0. The van der Waals surface area contributed by atoms with Crippen molar-refractivity contribution in [1.29, 1.82) is 0 Å². The third-order valence-corrected chi connectivity index (χ3v) is 6.49. The number of piperidine rings is 1. The number of fused-ring (bicyclic) bond motifs is 6. The fraction of sp³-hybridized carbons (Fsp3) is 0.375. The fourth-order valence-electron chi connectivity index (χ4n) is 4.95. The monoisotopic (exact) mass is 406 g/mol. The number of nitrogens with zero attached hydrogens (tertiary/aromatic N) is 1. The van der Waals surface area contributed by atoms with Gasteiger partial charge in [0.05, 0.1) is 19.8 Å². The molecule has 5 rings (SSSR count). The van der Waals surface area contributed by atoms with Gasteiger partial charge in [-0.15, -0.1) is 0 Å². The average molecular weight is 406 g/mol. The number of ether oxygens (including phenoxy) is 3. The number of rotatable bonds is 4. The van der Waals surface area contributed by atoms with E-state index >= 15 is 0 Å². The van der Waals surface area contributed by atoms with Crippen LogP contribution in [0.2, 0.25) is 0 Å². The summed E-state index contributed by atoms with van der Waals surface area (Å²) < 4.78 is 16.9. The number of methoxy groups -OCH3 is 2. The number of carbonyl (C=O) groups excluding carboxylic acids is 1. The van der Waals surface area contributed by atoms with E-state index in [9.17, 15) is 4.79 Å². The molecule has 2 heterocycles. The first-order valence-electron chi connectivity index (χ1n) is 10.4. The lowest BCUT2D eigenvalue weighted by Gasteiger charge is -2.45.